The Labute approximate surface area is 125 Å². The molecule has 3 heteroatoms. The van der Waals surface area contributed by atoms with Crippen molar-refractivity contribution in [1.82, 2.24) is 4.57 Å². The molecule has 21 heavy (non-hydrogen) atoms. The lowest BCUT2D eigenvalue weighted by Gasteiger charge is -2.19. The Morgan fingerprint density at radius 2 is 1.71 bits per heavy atom. The zero-order valence-corrected chi connectivity index (χ0v) is 13.0. The highest BCUT2D eigenvalue weighted by atomic mass is 16.1. The van der Waals surface area contributed by atoms with E-state index in [-0.39, 0.29) is 16.5 Å². The van der Waals surface area contributed by atoms with Crippen molar-refractivity contribution in [2.75, 3.05) is 0 Å². The number of nitriles is 1. The first-order chi connectivity index (χ1) is 9.88. The summed E-state index contributed by atoms with van der Waals surface area (Å²) in [6.45, 7) is 8.98. The summed E-state index contributed by atoms with van der Waals surface area (Å²) >= 11 is 0. The molecule has 1 aromatic heterocycles. The Hall–Kier alpha value is -2.34. The lowest BCUT2D eigenvalue weighted by atomic mass is 9.86. The molecule has 108 valence electrons. The van der Waals surface area contributed by atoms with E-state index < -0.39 is 0 Å². The molecule has 0 radical (unpaired) electrons. The fourth-order valence-electron chi connectivity index (χ4n) is 2.37. The van der Waals surface area contributed by atoms with Gasteiger partial charge in [0.25, 0.3) is 5.56 Å². The fraction of sp³-hybridized carbons (Fsp3) is 0.333. The fourth-order valence-corrected chi connectivity index (χ4v) is 2.37. The average molecular weight is 280 g/mol. The molecule has 0 atom stereocenters. The van der Waals surface area contributed by atoms with Gasteiger partial charge in [-0.15, -0.1) is 0 Å². The van der Waals surface area contributed by atoms with Gasteiger partial charge in [-0.25, -0.2) is 0 Å². The summed E-state index contributed by atoms with van der Waals surface area (Å²) in [4.78, 5) is 12.2. The van der Waals surface area contributed by atoms with E-state index in [1.54, 1.807) is 10.6 Å². The van der Waals surface area contributed by atoms with E-state index in [1.165, 1.54) is 5.56 Å². The third-order valence-corrected chi connectivity index (χ3v) is 3.66. The maximum Gasteiger partial charge on any atom is 0.268 e. The number of benzene rings is 1. The van der Waals surface area contributed by atoms with E-state index in [1.807, 2.05) is 31.2 Å². The van der Waals surface area contributed by atoms with Crippen LogP contribution in [0.2, 0.25) is 0 Å². The van der Waals surface area contributed by atoms with Crippen LogP contribution in [0.3, 0.4) is 0 Å². The zero-order valence-electron chi connectivity index (χ0n) is 13.0. The van der Waals surface area contributed by atoms with Gasteiger partial charge in [0, 0.05) is 6.54 Å². The Morgan fingerprint density at radius 1 is 1.10 bits per heavy atom. The van der Waals surface area contributed by atoms with Gasteiger partial charge in [-0.3, -0.25) is 4.79 Å². The highest BCUT2D eigenvalue weighted by Crippen LogP contribution is 2.25. The van der Waals surface area contributed by atoms with Crippen molar-refractivity contribution in [2.24, 2.45) is 0 Å². The predicted molar refractivity (Wildman–Crippen MR) is 85.2 cm³/mol. The maximum atomic E-state index is 12.2. The normalized spacial score (nSPS) is 11.2. The van der Waals surface area contributed by atoms with E-state index >= 15 is 0 Å². The molecule has 0 aliphatic carbocycles. The summed E-state index contributed by atoms with van der Waals surface area (Å²) in [5.74, 6) is 0. The molecule has 0 spiro atoms. The van der Waals surface area contributed by atoms with Crippen molar-refractivity contribution in [3.05, 3.63) is 57.9 Å². The molecule has 0 saturated carbocycles. The molecule has 0 saturated heterocycles. The standard InChI is InChI=1S/C18H20N2O/c1-5-20-16(11-8-14(12-19)17(20)21)13-6-9-15(10-7-13)18(2,3)4/h6-11H,5H2,1-4H3. The van der Waals surface area contributed by atoms with Gasteiger partial charge in [0.2, 0.25) is 0 Å². The summed E-state index contributed by atoms with van der Waals surface area (Å²) in [5, 5.41) is 8.96. The molecule has 0 N–H and O–H groups in total. The molecular weight excluding hydrogens is 260 g/mol. The van der Waals surface area contributed by atoms with Crippen LogP contribution in [-0.2, 0) is 12.0 Å². The highest BCUT2D eigenvalue weighted by molar-refractivity contribution is 5.61. The second-order valence-corrected chi connectivity index (χ2v) is 6.12. The molecule has 1 heterocycles. The third kappa shape index (κ3) is 2.90. The summed E-state index contributed by atoms with van der Waals surface area (Å²) in [6, 6.07) is 13.6. The lowest BCUT2D eigenvalue weighted by molar-refractivity contribution is 0.590. The van der Waals surface area contributed by atoms with Crippen LogP contribution < -0.4 is 5.56 Å². The SMILES string of the molecule is CCn1c(-c2ccc(C(C)(C)C)cc2)ccc(C#N)c1=O. The second-order valence-electron chi connectivity index (χ2n) is 6.12. The summed E-state index contributed by atoms with van der Waals surface area (Å²) in [6.07, 6.45) is 0. The van der Waals surface area contributed by atoms with Crippen LogP contribution in [0.15, 0.2) is 41.2 Å². The van der Waals surface area contributed by atoms with E-state index in [0.717, 1.165) is 11.3 Å². The van der Waals surface area contributed by atoms with Crippen molar-refractivity contribution in [3.8, 4) is 17.3 Å². The smallest absolute Gasteiger partial charge is 0.268 e. The van der Waals surface area contributed by atoms with E-state index in [0.29, 0.717) is 6.54 Å². The van der Waals surface area contributed by atoms with Gasteiger partial charge >= 0.3 is 0 Å². The number of pyridine rings is 1. The van der Waals surface area contributed by atoms with Gasteiger partial charge in [-0.1, -0.05) is 45.0 Å². The minimum absolute atomic E-state index is 0.105. The zero-order chi connectivity index (χ0) is 15.6. The number of hydrogen-bond donors (Lipinski definition) is 0. The van der Waals surface area contributed by atoms with E-state index in [9.17, 15) is 4.79 Å². The largest absolute Gasteiger partial charge is 0.307 e. The topological polar surface area (TPSA) is 45.8 Å². The molecule has 0 bridgehead atoms. The van der Waals surface area contributed by atoms with Crippen LogP contribution >= 0.6 is 0 Å². The van der Waals surface area contributed by atoms with Gasteiger partial charge in [-0.2, -0.15) is 5.26 Å². The third-order valence-electron chi connectivity index (χ3n) is 3.66. The summed E-state index contributed by atoms with van der Waals surface area (Å²) < 4.78 is 1.64. The van der Waals surface area contributed by atoms with Gasteiger partial charge in [0.1, 0.15) is 11.6 Å². The Kier molecular flexibility index (Phi) is 3.99. The van der Waals surface area contributed by atoms with Gasteiger partial charge in [0.05, 0.1) is 5.69 Å². The van der Waals surface area contributed by atoms with Crippen molar-refractivity contribution in [1.29, 1.82) is 5.26 Å². The first-order valence-corrected chi connectivity index (χ1v) is 7.13. The number of nitrogens with zero attached hydrogens (tertiary/aromatic N) is 2. The van der Waals surface area contributed by atoms with Crippen molar-refractivity contribution < 1.29 is 0 Å². The molecule has 2 rings (SSSR count). The molecule has 1 aromatic carbocycles. The van der Waals surface area contributed by atoms with Crippen LogP contribution in [0.1, 0.15) is 38.8 Å². The Bertz CT molecular complexity index is 741. The quantitative estimate of drug-likeness (QED) is 0.842. The summed E-state index contributed by atoms with van der Waals surface area (Å²) in [7, 11) is 0. The number of rotatable bonds is 2. The summed E-state index contributed by atoms with van der Waals surface area (Å²) in [5.41, 5.74) is 3.16. The minimum atomic E-state index is -0.225. The van der Waals surface area contributed by atoms with Crippen molar-refractivity contribution in [3.63, 3.8) is 0 Å². The predicted octanol–water partition coefficient (Wildman–Crippen LogP) is 3.70. The van der Waals surface area contributed by atoms with Crippen LogP contribution in [-0.4, -0.2) is 4.57 Å². The number of aromatic nitrogens is 1. The Morgan fingerprint density at radius 3 is 2.19 bits per heavy atom. The molecule has 0 unspecified atom stereocenters. The minimum Gasteiger partial charge on any atom is -0.307 e. The second kappa shape index (κ2) is 5.57. The molecule has 2 aromatic rings. The van der Waals surface area contributed by atoms with E-state index in [4.69, 9.17) is 5.26 Å². The van der Waals surface area contributed by atoms with Crippen molar-refractivity contribution >= 4 is 0 Å². The van der Waals surface area contributed by atoms with Gasteiger partial charge in [-0.05, 0) is 35.6 Å². The molecule has 0 amide bonds. The first kappa shape index (κ1) is 15.1. The first-order valence-electron chi connectivity index (χ1n) is 7.13. The molecule has 0 aliphatic rings. The van der Waals surface area contributed by atoms with Crippen LogP contribution in [0.5, 0.6) is 0 Å². The lowest BCUT2D eigenvalue weighted by Crippen LogP contribution is -2.23. The van der Waals surface area contributed by atoms with Crippen LogP contribution in [0.4, 0.5) is 0 Å². The molecule has 0 fully saturated rings. The van der Waals surface area contributed by atoms with Crippen molar-refractivity contribution in [2.45, 2.75) is 39.7 Å². The highest BCUT2D eigenvalue weighted by Gasteiger charge is 2.14. The molecular formula is C18H20N2O. The Balaban J connectivity index is 2.55. The monoisotopic (exact) mass is 280 g/mol. The number of hydrogen-bond acceptors (Lipinski definition) is 2. The molecule has 3 nitrogen and oxygen atoms in total. The van der Waals surface area contributed by atoms with Gasteiger partial charge < -0.3 is 4.57 Å². The molecule has 0 aliphatic heterocycles. The van der Waals surface area contributed by atoms with Crippen LogP contribution in [0.25, 0.3) is 11.3 Å². The maximum absolute atomic E-state index is 12.2. The van der Waals surface area contributed by atoms with Gasteiger partial charge in [0.15, 0.2) is 0 Å². The average Bonchev–Trinajstić information content (AvgIpc) is 2.46. The van der Waals surface area contributed by atoms with E-state index in [2.05, 4.69) is 32.9 Å². The van der Waals surface area contributed by atoms with Crippen LogP contribution in [0, 0.1) is 11.3 Å².